The van der Waals surface area contributed by atoms with E-state index < -0.39 is 0 Å². The highest BCUT2D eigenvalue weighted by Crippen LogP contribution is 2.17. The minimum Gasteiger partial charge on any atom is -0.508 e. The molecule has 0 radical (unpaired) electrons. The van der Waals surface area contributed by atoms with Gasteiger partial charge in [-0.15, -0.1) is 0 Å². The molecule has 0 atom stereocenters. The Morgan fingerprint density at radius 2 is 1.87 bits per heavy atom. The number of phenols is 1. The van der Waals surface area contributed by atoms with Gasteiger partial charge in [0.1, 0.15) is 5.75 Å². The van der Waals surface area contributed by atoms with Gasteiger partial charge in [-0.1, -0.05) is 12.1 Å². The van der Waals surface area contributed by atoms with Gasteiger partial charge in [0, 0.05) is 6.20 Å². The third kappa shape index (κ3) is 1.97. The van der Waals surface area contributed by atoms with Crippen molar-refractivity contribution >= 4 is 12.2 Å². The van der Waals surface area contributed by atoms with Crippen LogP contribution in [0.15, 0.2) is 35.3 Å². The minimum atomic E-state index is -0.246. The molecule has 2 aromatic rings. The van der Waals surface area contributed by atoms with Crippen LogP contribution in [0.5, 0.6) is 5.75 Å². The molecule has 2 rings (SSSR count). The van der Waals surface area contributed by atoms with Crippen molar-refractivity contribution in [2.75, 3.05) is 0 Å². The number of rotatable bonds is 1. The van der Waals surface area contributed by atoms with E-state index in [1.165, 1.54) is 12.1 Å². The molecule has 0 saturated heterocycles. The van der Waals surface area contributed by atoms with Gasteiger partial charge in [-0.3, -0.25) is 9.78 Å². The molecule has 3 N–H and O–H groups in total. The van der Waals surface area contributed by atoms with E-state index >= 15 is 0 Å². The topological polar surface area (TPSA) is 68.9 Å². The van der Waals surface area contributed by atoms with Crippen molar-refractivity contribution in [3.05, 3.63) is 45.6 Å². The number of aromatic amines is 2. The number of aromatic hydroxyl groups is 1. The lowest BCUT2D eigenvalue weighted by atomic mass is 10.1. The van der Waals surface area contributed by atoms with Crippen LogP contribution in [0.3, 0.4) is 0 Å². The molecule has 15 heavy (non-hydrogen) atoms. The maximum atomic E-state index is 11.5. The Labute approximate surface area is 90.2 Å². The number of aromatic nitrogens is 2. The molecule has 4 nitrogen and oxygen atoms in total. The van der Waals surface area contributed by atoms with E-state index in [1.807, 2.05) is 0 Å². The summed E-state index contributed by atoms with van der Waals surface area (Å²) in [5.74, 6) is 0.166. The number of hydrogen-bond acceptors (Lipinski definition) is 3. The van der Waals surface area contributed by atoms with Gasteiger partial charge in [0.15, 0.2) is 4.77 Å². The molecule has 5 heteroatoms. The monoisotopic (exact) mass is 220 g/mol. The van der Waals surface area contributed by atoms with Crippen LogP contribution in [0.1, 0.15) is 0 Å². The molecule has 0 bridgehead atoms. The standard InChI is InChI=1S/C10H8N2O2S/c13-7-3-1-6(2-4-7)8-5-11-10(15)12-9(8)14/h1-5,13H,(H2,11,12,14,15). The summed E-state index contributed by atoms with van der Waals surface area (Å²) in [4.78, 5) is 16.8. The molecular weight excluding hydrogens is 212 g/mol. The van der Waals surface area contributed by atoms with Crippen molar-refractivity contribution in [3.8, 4) is 16.9 Å². The highest BCUT2D eigenvalue weighted by atomic mass is 32.1. The summed E-state index contributed by atoms with van der Waals surface area (Å²) < 4.78 is 0.294. The zero-order valence-electron chi connectivity index (χ0n) is 7.65. The quantitative estimate of drug-likeness (QED) is 0.642. The molecule has 1 aromatic heterocycles. The van der Waals surface area contributed by atoms with Crippen molar-refractivity contribution < 1.29 is 5.11 Å². The van der Waals surface area contributed by atoms with Gasteiger partial charge < -0.3 is 10.1 Å². The van der Waals surface area contributed by atoms with Gasteiger partial charge in [-0.05, 0) is 29.9 Å². The van der Waals surface area contributed by atoms with Crippen molar-refractivity contribution in [1.29, 1.82) is 0 Å². The number of benzene rings is 1. The smallest absolute Gasteiger partial charge is 0.259 e. The second kappa shape index (κ2) is 3.70. The lowest BCUT2D eigenvalue weighted by Crippen LogP contribution is -2.09. The average Bonchev–Trinajstić information content (AvgIpc) is 2.20. The van der Waals surface area contributed by atoms with Crippen LogP contribution in [0.4, 0.5) is 0 Å². The first-order valence-corrected chi connectivity index (χ1v) is 4.69. The summed E-state index contributed by atoms with van der Waals surface area (Å²) in [6, 6.07) is 6.38. The third-order valence-corrected chi connectivity index (χ3v) is 2.22. The van der Waals surface area contributed by atoms with E-state index in [-0.39, 0.29) is 11.3 Å². The number of nitrogens with one attached hydrogen (secondary N) is 2. The summed E-state index contributed by atoms with van der Waals surface area (Å²) in [6.45, 7) is 0. The van der Waals surface area contributed by atoms with Crippen LogP contribution >= 0.6 is 12.2 Å². The largest absolute Gasteiger partial charge is 0.508 e. The average molecular weight is 220 g/mol. The predicted molar refractivity (Wildman–Crippen MR) is 59.3 cm³/mol. The summed E-state index contributed by atoms with van der Waals surface area (Å²) in [5, 5.41) is 9.11. The molecule has 1 aromatic carbocycles. The van der Waals surface area contributed by atoms with Crippen LogP contribution in [0.25, 0.3) is 11.1 Å². The second-order valence-electron chi connectivity index (χ2n) is 3.03. The van der Waals surface area contributed by atoms with Gasteiger partial charge in [0.25, 0.3) is 5.56 Å². The number of phenolic OH excluding ortho intramolecular Hbond substituents is 1. The SMILES string of the molecule is O=c1[nH]c(=S)[nH]cc1-c1ccc(O)cc1. The van der Waals surface area contributed by atoms with Gasteiger partial charge in [0.2, 0.25) is 0 Å². The van der Waals surface area contributed by atoms with Crippen molar-refractivity contribution in [2.45, 2.75) is 0 Å². The molecule has 0 aliphatic rings. The van der Waals surface area contributed by atoms with Crippen molar-refractivity contribution in [3.63, 3.8) is 0 Å². The Kier molecular flexibility index (Phi) is 2.39. The highest BCUT2D eigenvalue weighted by Gasteiger charge is 2.02. The van der Waals surface area contributed by atoms with Gasteiger partial charge in [-0.25, -0.2) is 0 Å². The molecule has 0 unspecified atom stereocenters. The van der Waals surface area contributed by atoms with E-state index in [1.54, 1.807) is 18.3 Å². The summed E-state index contributed by atoms with van der Waals surface area (Å²) >= 11 is 4.78. The van der Waals surface area contributed by atoms with E-state index in [2.05, 4.69) is 9.97 Å². The predicted octanol–water partition coefficient (Wildman–Crippen LogP) is 1.81. The van der Waals surface area contributed by atoms with Crippen LogP contribution < -0.4 is 5.56 Å². The Morgan fingerprint density at radius 1 is 1.20 bits per heavy atom. The van der Waals surface area contributed by atoms with Crippen molar-refractivity contribution in [1.82, 2.24) is 9.97 Å². The fourth-order valence-corrected chi connectivity index (χ4v) is 1.42. The Hall–Kier alpha value is -1.88. The first kappa shape index (κ1) is 9.67. The molecule has 0 saturated carbocycles. The zero-order chi connectivity index (χ0) is 10.8. The third-order valence-electron chi connectivity index (χ3n) is 2.00. The first-order valence-electron chi connectivity index (χ1n) is 4.28. The Balaban J connectivity index is 2.59. The van der Waals surface area contributed by atoms with E-state index in [0.717, 1.165) is 5.56 Å². The zero-order valence-corrected chi connectivity index (χ0v) is 8.47. The normalized spacial score (nSPS) is 10.1. The molecule has 0 spiro atoms. The number of H-pyrrole nitrogens is 2. The van der Waals surface area contributed by atoms with Crippen LogP contribution in [-0.4, -0.2) is 15.1 Å². The van der Waals surface area contributed by atoms with E-state index in [0.29, 0.717) is 10.3 Å². The lowest BCUT2D eigenvalue weighted by Gasteiger charge is -1.99. The summed E-state index contributed by atoms with van der Waals surface area (Å²) in [6.07, 6.45) is 1.55. The van der Waals surface area contributed by atoms with Gasteiger partial charge >= 0.3 is 0 Å². The van der Waals surface area contributed by atoms with Crippen LogP contribution in [0, 0.1) is 4.77 Å². The van der Waals surface area contributed by atoms with E-state index in [9.17, 15) is 4.79 Å². The fourth-order valence-electron chi connectivity index (χ4n) is 1.27. The molecule has 0 amide bonds. The summed E-state index contributed by atoms with van der Waals surface area (Å²) in [7, 11) is 0. The second-order valence-corrected chi connectivity index (χ2v) is 3.44. The Bertz CT molecular complexity index is 583. The van der Waals surface area contributed by atoms with Crippen LogP contribution in [0.2, 0.25) is 0 Å². The molecule has 0 aliphatic carbocycles. The maximum Gasteiger partial charge on any atom is 0.259 e. The molecule has 0 fully saturated rings. The molecular formula is C10H8N2O2S. The number of hydrogen-bond donors (Lipinski definition) is 3. The first-order chi connectivity index (χ1) is 7.16. The minimum absolute atomic E-state index is 0.166. The van der Waals surface area contributed by atoms with Gasteiger partial charge in [-0.2, -0.15) is 0 Å². The van der Waals surface area contributed by atoms with Gasteiger partial charge in [0.05, 0.1) is 5.56 Å². The van der Waals surface area contributed by atoms with E-state index in [4.69, 9.17) is 17.3 Å². The maximum absolute atomic E-state index is 11.5. The fraction of sp³-hybridized carbons (Fsp3) is 0. The lowest BCUT2D eigenvalue weighted by molar-refractivity contribution is 0.475. The summed E-state index contributed by atoms with van der Waals surface area (Å²) in [5.41, 5.74) is 0.966. The van der Waals surface area contributed by atoms with Crippen LogP contribution in [-0.2, 0) is 0 Å². The Morgan fingerprint density at radius 3 is 2.47 bits per heavy atom. The molecule has 0 aliphatic heterocycles. The highest BCUT2D eigenvalue weighted by molar-refractivity contribution is 7.71. The molecule has 1 heterocycles. The van der Waals surface area contributed by atoms with Crippen molar-refractivity contribution in [2.24, 2.45) is 0 Å². The molecule has 76 valence electrons.